The Labute approximate surface area is 219 Å². The van der Waals surface area contributed by atoms with Gasteiger partial charge < -0.3 is 15.1 Å². The van der Waals surface area contributed by atoms with Gasteiger partial charge in [-0.15, -0.1) is 0 Å². The molecule has 0 bridgehead atoms. The van der Waals surface area contributed by atoms with Gasteiger partial charge in [0, 0.05) is 49.5 Å². The van der Waals surface area contributed by atoms with E-state index in [1.165, 1.54) is 56.4 Å². The molecule has 2 fully saturated rings. The molecule has 198 valence electrons. The Morgan fingerprint density at radius 3 is 1.97 bits per heavy atom. The Bertz CT molecular complexity index is 1010. The van der Waals surface area contributed by atoms with Crippen molar-refractivity contribution >= 4 is 23.4 Å². The zero-order chi connectivity index (χ0) is 26.5. The summed E-state index contributed by atoms with van der Waals surface area (Å²) in [5.41, 5.74) is 3.55. The summed E-state index contributed by atoms with van der Waals surface area (Å²) in [6, 6.07) is 19.1. The number of carbonyl (C=O) groups excluding carboxylic acids is 1. The van der Waals surface area contributed by atoms with Gasteiger partial charge in [-0.3, -0.25) is 9.69 Å². The lowest BCUT2D eigenvalue weighted by Gasteiger charge is -2.32. The van der Waals surface area contributed by atoms with E-state index in [1.807, 2.05) is 12.1 Å². The molecule has 37 heavy (non-hydrogen) atoms. The molecule has 2 aromatic rings. The Kier molecular flexibility index (Phi) is 11.4. The summed E-state index contributed by atoms with van der Waals surface area (Å²) in [5, 5.41) is 15.6. The van der Waals surface area contributed by atoms with Crippen LogP contribution in [0.4, 0.5) is 5.69 Å². The van der Waals surface area contributed by atoms with E-state index in [0.29, 0.717) is 24.4 Å². The van der Waals surface area contributed by atoms with Crippen LogP contribution in [-0.2, 0) is 16.1 Å². The molecule has 0 spiro atoms. The molecule has 2 aromatic carbocycles. The molecule has 2 N–H and O–H groups in total. The predicted molar refractivity (Wildman–Crippen MR) is 145 cm³/mol. The molecule has 4 rings (SSSR count). The monoisotopic (exact) mass is 506 g/mol. The van der Waals surface area contributed by atoms with Gasteiger partial charge in [-0.2, -0.15) is 0 Å². The average Bonchev–Trinajstić information content (AvgIpc) is 3.45. The first-order valence-electron chi connectivity index (χ1n) is 13.2. The van der Waals surface area contributed by atoms with Crippen LogP contribution in [0.3, 0.4) is 0 Å². The lowest BCUT2D eigenvalue weighted by Crippen LogP contribution is -2.33. The van der Waals surface area contributed by atoms with Crippen molar-refractivity contribution in [3.8, 4) is 0 Å². The second kappa shape index (κ2) is 15.0. The molecule has 2 heterocycles. The van der Waals surface area contributed by atoms with E-state index in [1.54, 1.807) is 0 Å². The first kappa shape index (κ1) is 28.1. The third-order valence-corrected chi connectivity index (χ3v) is 7.00. The van der Waals surface area contributed by atoms with Gasteiger partial charge in [0.05, 0.1) is 0 Å². The highest BCUT2D eigenvalue weighted by atomic mass is 16.4. The number of aliphatic carboxylic acids is 2. The van der Waals surface area contributed by atoms with Crippen LogP contribution in [0.15, 0.2) is 66.7 Å². The van der Waals surface area contributed by atoms with Gasteiger partial charge in [-0.1, -0.05) is 30.3 Å². The van der Waals surface area contributed by atoms with Crippen molar-refractivity contribution in [2.75, 3.05) is 31.1 Å². The zero-order valence-electron chi connectivity index (χ0n) is 21.4. The number of piperidine rings is 1. The van der Waals surface area contributed by atoms with Crippen molar-refractivity contribution in [3.63, 3.8) is 0 Å². The van der Waals surface area contributed by atoms with Gasteiger partial charge in [-0.05, 0) is 87.4 Å². The number of anilines is 1. The second-order valence-electron chi connectivity index (χ2n) is 9.77. The number of Topliss-reactive ketones (excluding diaryl/α,β-unsaturated/α-hetero) is 1. The van der Waals surface area contributed by atoms with Crippen molar-refractivity contribution in [3.05, 3.63) is 77.9 Å². The number of carbonyl (C=O) groups is 3. The molecule has 0 aromatic heterocycles. The molecular weight excluding hydrogens is 468 g/mol. The van der Waals surface area contributed by atoms with Gasteiger partial charge in [-0.25, -0.2) is 9.59 Å². The second-order valence-corrected chi connectivity index (χ2v) is 9.77. The largest absolute Gasteiger partial charge is 0.478 e. The molecule has 2 saturated heterocycles. The standard InChI is InChI=1S/C26H34N2O.C4H4O4/c29-26(24-11-13-25(14-12-24)28-17-4-5-18-28)10-6-9-22-15-19-27(20-16-22)21-23-7-2-1-3-8-23;5-3(6)1-2-4(7)8/h1-3,7-8,11-14,22H,4-6,9-10,15-21H2;1-2H,(H,5,6)(H,7,8)/b;2-1+. The van der Waals surface area contributed by atoms with E-state index < -0.39 is 11.9 Å². The van der Waals surface area contributed by atoms with Gasteiger partial charge in [0.2, 0.25) is 0 Å². The first-order valence-corrected chi connectivity index (χ1v) is 13.2. The minimum atomic E-state index is -1.26. The van der Waals surface area contributed by atoms with Crippen LogP contribution in [0.25, 0.3) is 0 Å². The predicted octanol–water partition coefficient (Wildman–Crippen LogP) is 5.26. The number of likely N-dealkylation sites (tertiary alicyclic amines) is 1. The van der Waals surface area contributed by atoms with Crippen molar-refractivity contribution in [2.24, 2.45) is 5.92 Å². The van der Waals surface area contributed by atoms with Crippen molar-refractivity contribution in [1.82, 2.24) is 4.90 Å². The average molecular weight is 507 g/mol. The smallest absolute Gasteiger partial charge is 0.328 e. The van der Waals surface area contributed by atoms with Crippen LogP contribution in [-0.4, -0.2) is 59.0 Å². The van der Waals surface area contributed by atoms with Crippen LogP contribution in [0.1, 0.15) is 60.9 Å². The number of benzene rings is 2. The van der Waals surface area contributed by atoms with Crippen LogP contribution in [0.2, 0.25) is 0 Å². The van der Waals surface area contributed by atoms with Crippen molar-refractivity contribution < 1.29 is 24.6 Å². The van der Waals surface area contributed by atoms with Gasteiger partial charge in [0.1, 0.15) is 0 Å². The normalized spacial score (nSPS) is 16.4. The van der Waals surface area contributed by atoms with Crippen molar-refractivity contribution in [2.45, 2.75) is 51.5 Å². The molecule has 7 nitrogen and oxygen atoms in total. The Balaban J connectivity index is 0.000000414. The lowest BCUT2D eigenvalue weighted by atomic mass is 9.90. The molecule has 0 aliphatic carbocycles. The molecule has 0 atom stereocenters. The Hall–Kier alpha value is -3.45. The van der Waals surface area contributed by atoms with Crippen molar-refractivity contribution in [1.29, 1.82) is 0 Å². The minimum Gasteiger partial charge on any atom is -0.478 e. The van der Waals surface area contributed by atoms with Gasteiger partial charge >= 0.3 is 11.9 Å². The van der Waals surface area contributed by atoms with Gasteiger partial charge in [0.25, 0.3) is 0 Å². The fourth-order valence-corrected chi connectivity index (χ4v) is 4.95. The number of hydrogen-bond acceptors (Lipinski definition) is 5. The Morgan fingerprint density at radius 1 is 0.811 bits per heavy atom. The summed E-state index contributed by atoms with van der Waals surface area (Å²) in [7, 11) is 0. The highest BCUT2D eigenvalue weighted by Crippen LogP contribution is 2.25. The molecule has 0 unspecified atom stereocenters. The lowest BCUT2D eigenvalue weighted by molar-refractivity contribution is -0.134. The molecule has 7 heteroatoms. The summed E-state index contributed by atoms with van der Waals surface area (Å²) in [6.07, 6.45) is 9.12. The zero-order valence-corrected chi connectivity index (χ0v) is 21.4. The number of carboxylic acid groups (broad SMARTS) is 2. The van der Waals surface area contributed by atoms with E-state index in [9.17, 15) is 14.4 Å². The molecule has 0 saturated carbocycles. The maximum absolute atomic E-state index is 12.6. The molecule has 2 aliphatic rings. The highest BCUT2D eigenvalue weighted by Gasteiger charge is 2.19. The molecular formula is C30H38N2O5. The molecule has 0 radical (unpaired) electrons. The van der Waals surface area contributed by atoms with Crippen LogP contribution in [0.5, 0.6) is 0 Å². The van der Waals surface area contributed by atoms with E-state index in [2.05, 4.69) is 52.3 Å². The summed E-state index contributed by atoms with van der Waals surface area (Å²) >= 11 is 0. The quantitative estimate of drug-likeness (QED) is 0.335. The highest BCUT2D eigenvalue weighted by molar-refractivity contribution is 5.96. The molecule has 0 amide bonds. The third kappa shape index (κ3) is 10.2. The van der Waals surface area contributed by atoms with Crippen LogP contribution >= 0.6 is 0 Å². The number of rotatable bonds is 10. The number of nitrogens with zero attached hydrogens (tertiary/aromatic N) is 2. The SMILES string of the molecule is O=C(CCCC1CCN(Cc2ccccc2)CC1)c1ccc(N2CCCC2)cc1.O=C(O)/C=C/C(=O)O. The van der Waals surface area contributed by atoms with Crippen LogP contribution < -0.4 is 4.90 Å². The number of ketones is 1. The minimum absolute atomic E-state index is 0.305. The number of hydrogen-bond donors (Lipinski definition) is 2. The van der Waals surface area contributed by atoms with Crippen LogP contribution in [0, 0.1) is 5.92 Å². The topological polar surface area (TPSA) is 98.2 Å². The molecule has 2 aliphatic heterocycles. The maximum Gasteiger partial charge on any atom is 0.328 e. The number of carboxylic acids is 2. The van der Waals surface area contributed by atoms with E-state index in [0.717, 1.165) is 37.5 Å². The fraction of sp³-hybridized carbons (Fsp3) is 0.433. The summed E-state index contributed by atoms with van der Waals surface area (Å²) in [5.74, 6) is -1.42. The fourth-order valence-electron chi connectivity index (χ4n) is 4.95. The van der Waals surface area contributed by atoms with Gasteiger partial charge in [0.15, 0.2) is 5.78 Å². The summed E-state index contributed by atoms with van der Waals surface area (Å²) in [4.78, 5) is 36.6. The maximum atomic E-state index is 12.6. The van der Waals surface area contributed by atoms with E-state index >= 15 is 0 Å². The third-order valence-electron chi connectivity index (χ3n) is 7.00. The van der Waals surface area contributed by atoms with E-state index in [-0.39, 0.29) is 0 Å². The first-order chi connectivity index (χ1) is 17.9. The Morgan fingerprint density at radius 2 is 1.41 bits per heavy atom. The summed E-state index contributed by atoms with van der Waals surface area (Å²) < 4.78 is 0. The van der Waals surface area contributed by atoms with E-state index in [4.69, 9.17) is 10.2 Å². The summed E-state index contributed by atoms with van der Waals surface area (Å²) in [6.45, 7) is 5.74.